The third-order valence-corrected chi connectivity index (χ3v) is 2.25. The Hall–Kier alpha value is -2.24. The maximum absolute atomic E-state index is 11.7. The van der Waals surface area contributed by atoms with Gasteiger partial charge in [-0.2, -0.15) is 0 Å². The first-order valence-electron chi connectivity index (χ1n) is 5.40. The molecule has 0 fully saturated rings. The minimum Gasteiger partial charge on any atom is -0.478 e. The number of benzene rings is 1. The number of amides is 1. The molecule has 0 atom stereocenters. The number of hydrogen-bond acceptors (Lipinski definition) is 4. The minimum atomic E-state index is -1.07. The van der Waals surface area contributed by atoms with Crippen LogP contribution >= 0.6 is 0 Å². The van der Waals surface area contributed by atoms with Crippen molar-refractivity contribution in [1.29, 1.82) is 0 Å². The summed E-state index contributed by atoms with van der Waals surface area (Å²) in [6.07, 6.45) is -0.778. The van der Waals surface area contributed by atoms with Gasteiger partial charge in [0, 0.05) is 7.05 Å². The van der Waals surface area contributed by atoms with Gasteiger partial charge in [-0.25, -0.2) is 9.59 Å². The lowest BCUT2D eigenvalue weighted by Crippen LogP contribution is -2.29. The monoisotopic (exact) mass is 252 g/mol. The van der Waals surface area contributed by atoms with Crippen molar-refractivity contribution in [3.8, 4) is 0 Å². The van der Waals surface area contributed by atoms with Crippen LogP contribution in [0.25, 0.3) is 0 Å². The summed E-state index contributed by atoms with van der Waals surface area (Å²) in [5, 5.41) is 8.81. The van der Waals surface area contributed by atoms with Crippen LogP contribution in [0.1, 0.15) is 24.2 Å². The number of anilines is 2. The van der Waals surface area contributed by atoms with Crippen LogP contribution in [0.2, 0.25) is 0 Å². The summed E-state index contributed by atoms with van der Waals surface area (Å²) in [6, 6.07) is 4.16. The standard InChI is InChI=1S/C12H16N2O4/c1-7(2)18-12(17)14(3)10-5-4-8(11(15)16)6-9(10)13/h4-7H,13H2,1-3H3,(H,15,16). The molecule has 1 rings (SSSR count). The molecule has 0 saturated carbocycles. The van der Waals surface area contributed by atoms with Crippen molar-refractivity contribution in [2.24, 2.45) is 0 Å². The first kappa shape index (κ1) is 13.8. The Morgan fingerprint density at radius 3 is 2.44 bits per heavy atom. The zero-order valence-corrected chi connectivity index (χ0v) is 10.5. The maximum Gasteiger partial charge on any atom is 0.414 e. The van der Waals surface area contributed by atoms with Crippen LogP contribution in [0.3, 0.4) is 0 Å². The van der Waals surface area contributed by atoms with Crippen LogP contribution in [-0.2, 0) is 4.74 Å². The fraction of sp³-hybridized carbons (Fsp3) is 0.333. The average Bonchev–Trinajstić information content (AvgIpc) is 2.26. The number of carboxylic acid groups (broad SMARTS) is 1. The lowest BCUT2D eigenvalue weighted by molar-refractivity contribution is 0.0697. The average molecular weight is 252 g/mol. The first-order valence-corrected chi connectivity index (χ1v) is 5.40. The van der Waals surface area contributed by atoms with E-state index < -0.39 is 12.1 Å². The highest BCUT2D eigenvalue weighted by molar-refractivity contribution is 5.95. The number of nitrogens with zero attached hydrogens (tertiary/aromatic N) is 1. The number of hydrogen-bond donors (Lipinski definition) is 2. The number of nitrogen functional groups attached to an aromatic ring is 1. The van der Waals surface area contributed by atoms with Gasteiger partial charge in [-0.1, -0.05) is 0 Å². The zero-order valence-electron chi connectivity index (χ0n) is 10.5. The molecule has 1 aromatic rings. The minimum absolute atomic E-state index is 0.0712. The highest BCUT2D eigenvalue weighted by Gasteiger charge is 2.17. The highest BCUT2D eigenvalue weighted by atomic mass is 16.6. The highest BCUT2D eigenvalue weighted by Crippen LogP contribution is 2.24. The molecule has 0 aromatic heterocycles. The molecular weight excluding hydrogens is 236 g/mol. The van der Waals surface area contributed by atoms with E-state index in [1.54, 1.807) is 13.8 Å². The number of carboxylic acids is 1. The molecule has 3 N–H and O–H groups in total. The lowest BCUT2D eigenvalue weighted by Gasteiger charge is -2.20. The number of rotatable bonds is 3. The van der Waals surface area contributed by atoms with Gasteiger partial charge >= 0.3 is 12.1 Å². The van der Waals surface area contributed by atoms with Gasteiger partial charge in [0.2, 0.25) is 0 Å². The van der Waals surface area contributed by atoms with Crippen molar-refractivity contribution >= 4 is 23.4 Å². The predicted molar refractivity (Wildman–Crippen MR) is 67.8 cm³/mol. The van der Waals surface area contributed by atoms with Gasteiger partial charge in [-0.05, 0) is 32.0 Å². The van der Waals surface area contributed by atoms with Crippen molar-refractivity contribution in [2.45, 2.75) is 20.0 Å². The van der Waals surface area contributed by atoms with E-state index in [1.165, 1.54) is 30.1 Å². The third kappa shape index (κ3) is 3.13. The quantitative estimate of drug-likeness (QED) is 0.802. The van der Waals surface area contributed by atoms with E-state index in [9.17, 15) is 9.59 Å². The molecule has 98 valence electrons. The molecule has 0 radical (unpaired) electrons. The normalized spacial score (nSPS) is 10.2. The second-order valence-corrected chi connectivity index (χ2v) is 4.07. The molecule has 0 aliphatic carbocycles. The topological polar surface area (TPSA) is 92.9 Å². The van der Waals surface area contributed by atoms with Crippen molar-refractivity contribution in [3.05, 3.63) is 23.8 Å². The summed E-state index contributed by atoms with van der Waals surface area (Å²) >= 11 is 0. The van der Waals surface area contributed by atoms with Gasteiger partial charge in [0.15, 0.2) is 0 Å². The number of carbonyl (C=O) groups is 2. The number of aromatic carboxylic acids is 1. The lowest BCUT2D eigenvalue weighted by atomic mass is 10.1. The molecule has 0 bridgehead atoms. The van der Waals surface area contributed by atoms with Crippen LogP contribution in [0.15, 0.2) is 18.2 Å². The maximum atomic E-state index is 11.7. The van der Waals surface area contributed by atoms with E-state index in [1.807, 2.05) is 0 Å². The summed E-state index contributed by atoms with van der Waals surface area (Å²) in [5.41, 5.74) is 6.40. The fourth-order valence-electron chi connectivity index (χ4n) is 1.37. The molecule has 6 heteroatoms. The molecule has 0 unspecified atom stereocenters. The Morgan fingerprint density at radius 1 is 1.39 bits per heavy atom. The molecule has 0 aliphatic rings. The summed E-state index contributed by atoms with van der Waals surface area (Å²) in [7, 11) is 1.51. The van der Waals surface area contributed by atoms with E-state index in [2.05, 4.69) is 0 Å². The molecule has 1 amide bonds. The van der Waals surface area contributed by atoms with Crippen LogP contribution in [0, 0.1) is 0 Å². The Labute approximate surface area is 105 Å². The number of nitrogens with two attached hydrogens (primary N) is 1. The molecule has 0 heterocycles. The van der Waals surface area contributed by atoms with Crippen LogP contribution < -0.4 is 10.6 Å². The van der Waals surface area contributed by atoms with Gasteiger partial charge in [-0.3, -0.25) is 4.90 Å². The van der Waals surface area contributed by atoms with E-state index in [0.717, 1.165) is 0 Å². The van der Waals surface area contributed by atoms with Crippen molar-refractivity contribution < 1.29 is 19.4 Å². The number of ether oxygens (including phenoxy) is 1. The predicted octanol–water partition coefficient (Wildman–Crippen LogP) is 1.95. The van der Waals surface area contributed by atoms with Crippen molar-refractivity contribution in [1.82, 2.24) is 0 Å². The molecule has 18 heavy (non-hydrogen) atoms. The summed E-state index contributed by atoms with van der Waals surface area (Å²) in [5.74, 6) is -1.07. The molecule has 6 nitrogen and oxygen atoms in total. The third-order valence-electron chi connectivity index (χ3n) is 2.25. The summed E-state index contributed by atoms with van der Waals surface area (Å²) in [6.45, 7) is 3.48. The zero-order chi connectivity index (χ0) is 13.9. The first-order chi connectivity index (χ1) is 8.32. The van der Waals surface area contributed by atoms with Crippen LogP contribution in [0.5, 0.6) is 0 Å². The fourth-order valence-corrected chi connectivity index (χ4v) is 1.37. The summed E-state index contributed by atoms with van der Waals surface area (Å²) < 4.78 is 5.01. The SMILES string of the molecule is CC(C)OC(=O)N(C)c1ccc(C(=O)O)cc1N. The number of carbonyl (C=O) groups excluding carboxylic acids is 1. The van der Waals surface area contributed by atoms with E-state index in [-0.39, 0.29) is 17.4 Å². The molecule has 1 aromatic carbocycles. The van der Waals surface area contributed by atoms with Gasteiger partial charge in [0.1, 0.15) is 0 Å². The Morgan fingerprint density at radius 2 is 2.00 bits per heavy atom. The Bertz CT molecular complexity index is 471. The molecule has 0 spiro atoms. The van der Waals surface area contributed by atoms with E-state index in [0.29, 0.717) is 5.69 Å². The van der Waals surface area contributed by atoms with Gasteiger partial charge < -0.3 is 15.6 Å². The van der Waals surface area contributed by atoms with E-state index in [4.69, 9.17) is 15.6 Å². The van der Waals surface area contributed by atoms with Gasteiger partial charge in [0.05, 0.1) is 23.0 Å². The Balaban J connectivity index is 2.96. The van der Waals surface area contributed by atoms with Crippen LogP contribution in [0.4, 0.5) is 16.2 Å². The summed E-state index contributed by atoms with van der Waals surface area (Å²) in [4.78, 5) is 23.6. The van der Waals surface area contributed by atoms with Crippen molar-refractivity contribution in [3.63, 3.8) is 0 Å². The molecule has 0 aliphatic heterocycles. The molecule has 0 saturated heterocycles. The van der Waals surface area contributed by atoms with Gasteiger partial charge in [-0.15, -0.1) is 0 Å². The van der Waals surface area contributed by atoms with Gasteiger partial charge in [0.25, 0.3) is 0 Å². The molecular formula is C12H16N2O4. The van der Waals surface area contributed by atoms with Crippen LogP contribution in [-0.4, -0.2) is 30.3 Å². The smallest absolute Gasteiger partial charge is 0.414 e. The van der Waals surface area contributed by atoms with Crippen molar-refractivity contribution in [2.75, 3.05) is 17.7 Å². The second kappa shape index (κ2) is 5.39. The Kier molecular flexibility index (Phi) is 4.14. The largest absolute Gasteiger partial charge is 0.478 e. The van der Waals surface area contributed by atoms with E-state index >= 15 is 0 Å². The second-order valence-electron chi connectivity index (χ2n) is 4.07.